The number of benzene rings is 1. The van der Waals surface area contributed by atoms with Gasteiger partial charge in [0.2, 0.25) is 11.8 Å². The maximum absolute atomic E-state index is 13.8. The van der Waals surface area contributed by atoms with Crippen molar-refractivity contribution in [2.45, 2.75) is 88.3 Å². The predicted molar refractivity (Wildman–Crippen MR) is 181 cm³/mol. The SMILES string of the molecule is [B]N1CCC(c2ncc(C3S[C@@H](CC(=O)N4CCC(N5CCc6ccccc6NC5=O)CC4)C(=O)N3CCC(C)(C)C)s2)CC1. The molecule has 12 heteroatoms. The highest BCUT2D eigenvalue weighted by Crippen LogP contribution is 2.47. The molecule has 9 nitrogen and oxygen atoms in total. The highest BCUT2D eigenvalue weighted by atomic mass is 32.2. The van der Waals surface area contributed by atoms with Gasteiger partial charge in [0.05, 0.1) is 15.1 Å². The van der Waals surface area contributed by atoms with Crippen molar-refractivity contribution in [2.24, 2.45) is 5.41 Å². The molecule has 4 aliphatic rings. The number of hydrogen-bond donors (Lipinski definition) is 1. The normalized spacial score (nSPS) is 24.1. The summed E-state index contributed by atoms with van der Waals surface area (Å²) < 4.78 is 0. The summed E-state index contributed by atoms with van der Waals surface area (Å²) in [6.45, 7) is 10.9. The van der Waals surface area contributed by atoms with Crippen LogP contribution in [0.1, 0.15) is 86.0 Å². The molecule has 1 N–H and O–H groups in total. The summed E-state index contributed by atoms with van der Waals surface area (Å²) >= 11 is 3.33. The van der Waals surface area contributed by atoms with Gasteiger partial charge in [0, 0.05) is 56.4 Å². The van der Waals surface area contributed by atoms with Crippen LogP contribution in [-0.2, 0) is 16.0 Å². The number of urea groups is 1. The summed E-state index contributed by atoms with van der Waals surface area (Å²) in [5, 5.41) is 3.68. The van der Waals surface area contributed by atoms with Crippen molar-refractivity contribution < 1.29 is 14.4 Å². The highest BCUT2D eigenvalue weighted by molar-refractivity contribution is 8.01. The summed E-state index contributed by atoms with van der Waals surface area (Å²) in [5.74, 6) is 0.497. The van der Waals surface area contributed by atoms with Gasteiger partial charge in [-0.1, -0.05) is 39.0 Å². The molecule has 4 amide bonds. The van der Waals surface area contributed by atoms with E-state index in [4.69, 9.17) is 13.0 Å². The third kappa shape index (κ3) is 7.54. The Balaban J connectivity index is 1.07. The fraction of sp³-hybridized carbons (Fsp3) is 0.636. The highest BCUT2D eigenvalue weighted by Gasteiger charge is 2.44. The number of para-hydroxylation sites is 1. The van der Waals surface area contributed by atoms with Crippen molar-refractivity contribution in [3.63, 3.8) is 0 Å². The number of nitrogens with zero attached hydrogens (tertiary/aromatic N) is 5. The molecule has 3 fully saturated rings. The number of fused-ring (bicyclic) bond motifs is 1. The Morgan fingerprint density at radius 3 is 2.51 bits per heavy atom. The van der Waals surface area contributed by atoms with E-state index in [2.05, 4.69) is 32.2 Å². The Bertz CT molecular complexity index is 1380. The van der Waals surface area contributed by atoms with Gasteiger partial charge in [0.25, 0.3) is 0 Å². The average Bonchev–Trinajstić information content (AvgIpc) is 3.57. The Morgan fingerprint density at radius 1 is 1.04 bits per heavy atom. The summed E-state index contributed by atoms with van der Waals surface area (Å²) in [7, 11) is 5.98. The van der Waals surface area contributed by atoms with Crippen LogP contribution in [0, 0.1) is 5.41 Å². The lowest BCUT2D eigenvalue weighted by molar-refractivity contribution is -0.137. The van der Waals surface area contributed by atoms with E-state index in [1.165, 1.54) is 0 Å². The predicted octanol–water partition coefficient (Wildman–Crippen LogP) is 5.26. The molecule has 0 saturated carbocycles. The van der Waals surface area contributed by atoms with Gasteiger partial charge in [-0.15, -0.1) is 23.1 Å². The maximum Gasteiger partial charge on any atom is 0.322 e. The number of piperidine rings is 2. The van der Waals surface area contributed by atoms with Gasteiger partial charge in [-0.05, 0) is 68.7 Å². The molecule has 0 aliphatic carbocycles. The minimum absolute atomic E-state index is 0.0296. The van der Waals surface area contributed by atoms with Crippen molar-refractivity contribution in [1.29, 1.82) is 0 Å². The molecular weight excluding hydrogens is 603 g/mol. The van der Waals surface area contributed by atoms with Gasteiger partial charge in [0.15, 0.2) is 7.98 Å². The Labute approximate surface area is 276 Å². The van der Waals surface area contributed by atoms with Crippen LogP contribution in [0.3, 0.4) is 0 Å². The second kappa shape index (κ2) is 13.7. The second-order valence-electron chi connectivity index (χ2n) is 14.1. The van der Waals surface area contributed by atoms with E-state index in [-0.39, 0.29) is 41.1 Å². The molecule has 1 unspecified atom stereocenters. The van der Waals surface area contributed by atoms with Gasteiger partial charge < -0.3 is 24.8 Å². The lowest BCUT2D eigenvalue weighted by Gasteiger charge is -2.38. The first-order valence-electron chi connectivity index (χ1n) is 16.4. The molecule has 1 aromatic heterocycles. The minimum atomic E-state index is -0.402. The summed E-state index contributed by atoms with van der Waals surface area (Å²) in [6.07, 6.45) is 7.35. The average molecular weight is 649 g/mol. The second-order valence-corrected chi connectivity index (χ2v) is 16.5. The first kappa shape index (κ1) is 32.4. The van der Waals surface area contributed by atoms with Crippen molar-refractivity contribution in [3.8, 4) is 0 Å². The van der Waals surface area contributed by atoms with Crippen molar-refractivity contribution in [2.75, 3.05) is 44.6 Å². The number of thioether (sulfide) groups is 1. The van der Waals surface area contributed by atoms with Crippen LogP contribution in [0.4, 0.5) is 10.5 Å². The number of carbonyl (C=O) groups is 3. The van der Waals surface area contributed by atoms with E-state index in [0.29, 0.717) is 32.1 Å². The van der Waals surface area contributed by atoms with Crippen LogP contribution in [0.2, 0.25) is 0 Å². The number of amides is 4. The maximum atomic E-state index is 13.8. The Hall–Kier alpha value is -2.57. The fourth-order valence-corrected chi connectivity index (χ4v) is 9.58. The molecule has 4 aliphatic heterocycles. The number of anilines is 1. The van der Waals surface area contributed by atoms with Gasteiger partial charge in [-0.3, -0.25) is 9.59 Å². The number of aromatic nitrogens is 1. The Morgan fingerprint density at radius 2 is 1.78 bits per heavy atom. The third-order valence-corrected chi connectivity index (χ3v) is 12.5. The van der Waals surface area contributed by atoms with E-state index < -0.39 is 5.25 Å². The van der Waals surface area contributed by atoms with Gasteiger partial charge in [0.1, 0.15) is 5.37 Å². The van der Waals surface area contributed by atoms with Gasteiger partial charge in [-0.2, -0.15) is 0 Å². The molecule has 5 heterocycles. The number of nitrogens with one attached hydrogen (secondary N) is 1. The standard InChI is InChI=1S/C33H45BN6O3S2/c1-33(2,3)13-19-40-30(42)26(45-31(40)27-21-35-29(44-27)23-8-16-38(34)17-9-23)20-28(41)37-14-11-24(12-15-37)39-18-10-22-6-4-5-7-25(22)36-32(39)43/h4-7,21,23-24,26,31H,8-20H2,1-3H3,(H,36,43)/t26-,31?/m0/s1. The first-order valence-corrected chi connectivity index (χ1v) is 18.2. The van der Waals surface area contributed by atoms with Crippen LogP contribution >= 0.6 is 23.1 Å². The Kier molecular flexibility index (Phi) is 9.83. The summed E-state index contributed by atoms with van der Waals surface area (Å²) in [6, 6.07) is 8.01. The monoisotopic (exact) mass is 648 g/mol. The molecule has 45 heavy (non-hydrogen) atoms. The van der Waals surface area contributed by atoms with E-state index in [1.54, 1.807) is 23.1 Å². The number of hydrogen-bond acceptors (Lipinski definition) is 7. The number of likely N-dealkylation sites (tertiary alicyclic amines) is 1. The molecule has 0 bridgehead atoms. The van der Waals surface area contributed by atoms with Crippen LogP contribution in [0.5, 0.6) is 0 Å². The lowest BCUT2D eigenvalue weighted by atomic mass is 9.92. The van der Waals surface area contributed by atoms with E-state index in [9.17, 15) is 14.4 Å². The topological polar surface area (TPSA) is 89.1 Å². The molecule has 1 aromatic carbocycles. The van der Waals surface area contributed by atoms with Gasteiger partial charge >= 0.3 is 6.03 Å². The molecule has 240 valence electrons. The van der Waals surface area contributed by atoms with Crippen LogP contribution < -0.4 is 5.32 Å². The van der Waals surface area contributed by atoms with Crippen LogP contribution in [0.15, 0.2) is 30.5 Å². The van der Waals surface area contributed by atoms with Crippen LogP contribution in [-0.4, -0.2) is 101 Å². The van der Waals surface area contributed by atoms with E-state index in [1.807, 2.05) is 43.9 Å². The molecule has 2 aromatic rings. The quantitative estimate of drug-likeness (QED) is 0.413. The van der Waals surface area contributed by atoms with Gasteiger partial charge in [-0.25, -0.2) is 9.78 Å². The number of thiazole rings is 1. The van der Waals surface area contributed by atoms with Crippen molar-refractivity contribution in [1.82, 2.24) is 24.5 Å². The molecule has 3 saturated heterocycles. The molecule has 6 rings (SSSR count). The smallest absolute Gasteiger partial charge is 0.322 e. The van der Waals surface area contributed by atoms with E-state index >= 15 is 0 Å². The zero-order valence-corrected chi connectivity index (χ0v) is 28.4. The zero-order chi connectivity index (χ0) is 31.7. The minimum Gasteiger partial charge on any atom is -0.353 e. The molecule has 2 atom stereocenters. The summed E-state index contributed by atoms with van der Waals surface area (Å²) in [5.41, 5.74) is 2.13. The number of rotatable bonds is 7. The third-order valence-electron chi connectivity index (χ3n) is 9.66. The van der Waals surface area contributed by atoms with Crippen molar-refractivity contribution in [3.05, 3.63) is 45.9 Å². The fourth-order valence-electron chi connectivity index (χ4n) is 6.83. The lowest BCUT2D eigenvalue weighted by Crippen LogP contribution is -2.50. The molecule has 0 spiro atoms. The molecular formula is C33H45BN6O3S2. The number of carbonyl (C=O) groups excluding carboxylic acids is 3. The first-order chi connectivity index (χ1) is 21.6. The zero-order valence-electron chi connectivity index (χ0n) is 26.7. The largest absolute Gasteiger partial charge is 0.353 e. The van der Waals surface area contributed by atoms with Crippen molar-refractivity contribution >= 4 is 54.6 Å². The molecule has 2 radical (unpaired) electrons. The van der Waals surface area contributed by atoms with Crippen LogP contribution in [0.25, 0.3) is 0 Å². The summed E-state index contributed by atoms with van der Waals surface area (Å²) in [4.78, 5) is 54.1. The van der Waals surface area contributed by atoms with E-state index in [0.717, 1.165) is 72.8 Å².